The van der Waals surface area contributed by atoms with Crippen molar-refractivity contribution in [2.24, 2.45) is 12.8 Å². The van der Waals surface area contributed by atoms with Crippen molar-refractivity contribution in [2.45, 2.75) is 24.9 Å². The predicted octanol–water partition coefficient (Wildman–Crippen LogP) is 1.33. The van der Waals surface area contributed by atoms with Crippen molar-refractivity contribution in [3.63, 3.8) is 0 Å². The Morgan fingerprint density at radius 1 is 1.20 bits per heavy atom. The fourth-order valence-corrected chi connectivity index (χ4v) is 2.68. The number of nitrogens with zero attached hydrogens (tertiary/aromatic N) is 3. The maximum absolute atomic E-state index is 11.9. The molecule has 0 aliphatic rings. The number of amides is 1. The average molecular weight is 364 g/mol. The second kappa shape index (κ2) is 9.07. The van der Waals surface area contributed by atoms with Gasteiger partial charge in [-0.15, -0.1) is 10.2 Å². The number of esters is 1. The number of carbonyl (C=O) groups is 2. The molecule has 0 fully saturated rings. The normalized spacial score (nSPS) is 10.5. The van der Waals surface area contributed by atoms with Crippen LogP contribution in [0.4, 0.5) is 0 Å². The van der Waals surface area contributed by atoms with Crippen LogP contribution in [0.2, 0.25) is 0 Å². The van der Waals surface area contributed by atoms with Gasteiger partial charge >= 0.3 is 5.97 Å². The van der Waals surface area contributed by atoms with E-state index in [2.05, 4.69) is 10.2 Å². The number of carbonyl (C=O) groups excluding carboxylic acids is 2. The Hall–Kier alpha value is -2.55. The van der Waals surface area contributed by atoms with Crippen LogP contribution in [-0.2, 0) is 23.1 Å². The Kier molecular flexibility index (Phi) is 6.81. The molecule has 0 aliphatic carbocycles. The number of primary amides is 1. The van der Waals surface area contributed by atoms with E-state index in [1.807, 2.05) is 6.92 Å². The summed E-state index contributed by atoms with van der Waals surface area (Å²) in [6.45, 7) is 2.48. The van der Waals surface area contributed by atoms with E-state index in [1.165, 1.54) is 11.8 Å². The minimum absolute atomic E-state index is 0.0923. The third-order valence-electron chi connectivity index (χ3n) is 3.21. The zero-order valence-electron chi connectivity index (χ0n) is 14.1. The van der Waals surface area contributed by atoms with Crippen LogP contribution in [0, 0.1) is 0 Å². The zero-order chi connectivity index (χ0) is 18.2. The van der Waals surface area contributed by atoms with Crippen molar-refractivity contribution in [1.82, 2.24) is 14.8 Å². The van der Waals surface area contributed by atoms with Crippen LogP contribution in [0.15, 0.2) is 29.4 Å². The minimum atomic E-state index is -0.393. The topological polar surface area (TPSA) is 109 Å². The predicted molar refractivity (Wildman–Crippen MR) is 92.5 cm³/mol. The lowest BCUT2D eigenvalue weighted by atomic mass is 10.3. The first-order chi connectivity index (χ1) is 12.0. The molecule has 0 bridgehead atoms. The standard InChI is InChI=1S/C16H20N4O4S/c1-3-23-11-4-6-12(7-5-11)24-15(22)10-25-16-19-18-14(20(16)2)9-8-13(17)21/h4-7H,3,8-10H2,1-2H3,(H2,17,21). The van der Waals surface area contributed by atoms with Crippen LogP contribution >= 0.6 is 11.8 Å². The maximum Gasteiger partial charge on any atom is 0.321 e. The summed E-state index contributed by atoms with van der Waals surface area (Å²) in [5.41, 5.74) is 5.12. The van der Waals surface area contributed by atoms with Crippen LogP contribution in [0.3, 0.4) is 0 Å². The smallest absolute Gasteiger partial charge is 0.321 e. The molecule has 1 heterocycles. The molecule has 2 N–H and O–H groups in total. The number of rotatable bonds is 9. The summed E-state index contributed by atoms with van der Waals surface area (Å²) in [5.74, 6) is 1.12. The fraction of sp³-hybridized carbons (Fsp3) is 0.375. The molecule has 0 aliphatic heterocycles. The van der Waals surface area contributed by atoms with Gasteiger partial charge in [0.1, 0.15) is 17.3 Å². The summed E-state index contributed by atoms with van der Waals surface area (Å²) >= 11 is 1.21. The minimum Gasteiger partial charge on any atom is -0.494 e. The van der Waals surface area contributed by atoms with Gasteiger partial charge in [0.25, 0.3) is 0 Å². The van der Waals surface area contributed by atoms with Crippen molar-refractivity contribution in [3.05, 3.63) is 30.1 Å². The lowest BCUT2D eigenvalue weighted by molar-refractivity contribution is -0.131. The van der Waals surface area contributed by atoms with Gasteiger partial charge in [-0.3, -0.25) is 9.59 Å². The Bertz CT molecular complexity index is 730. The summed E-state index contributed by atoms with van der Waals surface area (Å²) in [6.07, 6.45) is 0.618. The molecule has 0 saturated heterocycles. The van der Waals surface area contributed by atoms with Crippen molar-refractivity contribution in [2.75, 3.05) is 12.4 Å². The van der Waals surface area contributed by atoms with E-state index in [-0.39, 0.29) is 12.2 Å². The third kappa shape index (κ3) is 5.79. The van der Waals surface area contributed by atoms with Gasteiger partial charge in [-0.2, -0.15) is 0 Å². The highest BCUT2D eigenvalue weighted by molar-refractivity contribution is 7.99. The lowest BCUT2D eigenvalue weighted by Gasteiger charge is -2.06. The summed E-state index contributed by atoms with van der Waals surface area (Å²) in [6, 6.07) is 6.84. The Morgan fingerprint density at radius 2 is 1.88 bits per heavy atom. The summed E-state index contributed by atoms with van der Waals surface area (Å²) in [7, 11) is 1.77. The van der Waals surface area contributed by atoms with Gasteiger partial charge < -0.3 is 19.8 Å². The van der Waals surface area contributed by atoms with Crippen molar-refractivity contribution >= 4 is 23.6 Å². The van der Waals surface area contributed by atoms with E-state index in [0.29, 0.717) is 29.8 Å². The average Bonchev–Trinajstić information content (AvgIpc) is 2.93. The molecule has 1 amide bonds. The molecule has 0 atom stereocenters. The second-order valence-electron chi connectivity index (χ2n) is 5.09. The molecular formula is C16H20N4O4S. The highest BCUT2D eigenvalue weighted by atomic mass is 32.2. The molecule has 1 aromatic heterocycles. The van der Waals surface area contributed by atoms with Gasteiger partial charge in [-0.25, -0.2) is 0 Å². The monoisotopic (exact) mass is 364 g/mol. The number of ether oxygens (including phenoxy) is 2. The van der Waals surface area contributed by atoms with Crippen molar-refractivity contribution in [3.8, 4) is 11.5 Å². The quantitative estimate of drug-likeness (QED) is 0.406. The summed E-state index contributed by atoms with van der Waals surface area (Å²) in [4.78, 5) is 22.8. The number of aromatic nitrogens is 3. The first kappa shape index (κ1) is 18.8. The number of aryl methyl sites for hydroxylation is 1. The van der Waals surface area contributed by atoms with E-state index in [0.717, 1.165) is 5.75 Å². The highest BCUT2D eigenvalue weighted by Crippen LogP contribution is 2.20. The molecular weight excluding hydrogens is 344 g/mol. The molecule has 25 heavy (non-hydrogen) atoms. The van der Waals surface area contributed by atoms with Crippen molar-refractivity contribution < 1.29 is 19.1 Å². The molecule has 8 nitrogen and oxygen atoms in total. The second-order valence-corrected chi connectivity index (χ2v) is 6.03. The number of hydrogen-bond donors (Lipinski definition) is 1. The van der Waals surface area contributed by atoms with Gasteiger partial charge in [0, 0.05) is 19.9 Å². The van der Waals surface area contributed by atoms with Crippen LogP contribution in [0.25, 0.3) is 0 Å². The molecule has 1 aromatic carbocycles. The highest BCUT2D eigenvalue weighted by Gasteiger charge is 2.13. The summed E-state index contributed by atoms with van der Waals surface area (Å²) in [5, 5.41) is 8.57. The van der Waals surface area contributed by atoms with Crippen molar-refractivity contribution in [1.29, 1.82) is 0 Å². The lowest BCUT2D eigenvalue weighted by Crippen LogP contribution is -2.13. The first-order valence-corrected chi connectivity index (χ1v) is 8.71. The van der Waals surface area contributed by atoms with Gasteiger partial charge in [-0.1, -0.05) is 11.8 Å². The van der Waals surface area contributed by atoms with E-state index < -0.39 is 11.9 Å². The Morgan fingerprint density at radius 3 is 2.52 bits per heavy atom. The molecule has 2 rings (SSSR count). The molecule has 134 valence electrons. The van der Waals surface area contributed by atoms with Gasteiger partial charge in [-0.05, 0) is 31.2 Å². The van der Waals surface area contributed by atoms with E-state index in [9.17, 15) is 9.59 Å². The van der Waals surface area contributed by atoms with E-state index in [4.69, 9.17) is 15.2 Å². The fourth-order valence-electron chi connectivity index (χ4n) is 1.98. The largest absolute Gasteiger partial charge is 0.494 e. The molecule has 0 spiro atoms. The Labute approximate surface area is 149 Å². The third-order valence-corrected chi connectivity index (χ3v) is 4.20. The molecule has 2 aromatic rings. The van der Waals surface area contributed by atoms with E-state index >= 15 is 0 Å². The van der Waals surface area contributed by atoms with Gasteiger partial charge in [0.15, 0.2) is 5.16 Å². The number of benzene rings is 1. The van der Waals surface area contributed by atoms with Crippen LogP contribution in [-0.4, -0.2) is 39.0 Å². The van der Waals surface area contributed by atoms with Crippen LogP contribution in [0.5, 0.6) is 11.5 Å². The SMILES string of the molecule is CCOc1ccc(OC(=O)CSc2nnc(CCC(N)=O)n2C)cc1. The first-order valence-electron chi connectivity index (χ1n) is 7.72. The molecule has 0 radical (unpaired) electrons. The van der Waals surface area contributed by atoms with Gasteiger partial charge in [0.2, 0.25) is 5.91 Å². The summed E-state index contributed by atoms with van der Waals surface area (Å²) < 4.78 is 12.3. The Balaban J connectivity index is 1.84. The van der Waals surface area contributed by atoms with Crippen LogP contribution < -0.4 is 15.2 Å². The molecule has 0 saturated carbocycles. The number of hydrogen-bond acceptors (Lipinski definition) is 7. The number of thioether (sulfide) groups is 1. The molecule has 0 unspecified atom stereocenters. The van der Waals surface area contributed by atoms with Gasteiger partial charge in [0.05, 0.1) is 12.4 Å². The maximum atomic E-state index is 11.9. The molecule has 9 heteroatoms. The zero-order valence-corrected chi connectivity index (χ0v) is 14.9. The van der Waals surface area contributed by atoms with E-state index in [1.54, 1.807) is 35.9 Å². The number of nitrogens with two attached hydrogens (primary N) is 1. The van der Waals surface area contributed by atoms with Crippen LogP contribution in [0.1, 0.15) is 19.2 Å².